The molecule has 0 aliphatic carbocycles. The number of halogens is 1. The van der Waals surface area contributed by atoms with Crippen molar-refractivity contribution in [2.24, 2.45) is 0 Å². The van der Waals surface area contributed by atoms with Crippen LogP contribution in [0.1, 0.15) is 5.76 Å². The lowest BCUT2D eigenvalue weighted by Gasteiger charge is -2.24. The Labute approximate surface area is 177 Å². The number of carbonyl (C=O) groups excluding carboxylic acids is 1. The maximum atomic E-state index is 13.6. The Bertz CT molecular complexity index is 1350. The van der Waals surface area contributed by atoms with Crippen LogP contribution in [0, 0.1) is 12.7 Å². The quantitative estimate of drug-likeness (QED) is 0.492. The Morgan fingerprint density at radius 3 is 2.65 bits per heavy atom. The highest BCUT2D eigenvalue weighted by Gasteiger charge is 2.29. The van der Waals surface area contributed by atoms with Crippen LogP contribution in [-0.2, 0) is 14.8 Å². The molecule has 0 spiro atoms. The Kier molecular flexibility index (Phi) is 5.38. The number of nitrogens with one attached hydrogen (secondary N) is 1. The summed E-state index contributed by atoms with van der Waals surface area (Å²) in [6.45, 7) is 1.11. The lowest BCUT2D eigenvalue weighted by molar-refractivity contribution is -0.114. The number of pyridine rings is 1. The summed E-state index contributed by atoms with van der Waals surface area (Å²) in [4.78, 5) is 16.6. The minimum absolute atomic E-state index is 0.00167. The number of aromatic nitrogens is 2. The molecule has 1 amide bonds. The average molecular weight is 440 g/mol. The zero-order valence-corrected chi connectivity index (χ0v) is 17.1. The van der Waals surface area contributed by atoms with Gasteiger partial charge in [-0.3, -0.25) is 14.1 Å². The number of fused-ring (bicyclic) bond motifs is 1. The molecule has 0 bridgehead atoms. The third kappa shape index (κ3) is 4.24. The van der Waals surface area contributed by atoms with Gasteiger partial charge in [0.15, 0.2) is 5.82 Å². The molecule has 2 heterocycles. The van der Waals surface area contributed by atoms with Gasteiger partial charge < -0.3 is 9.84 Å². The number of anilines is 2. The topological polar surface area (TPSA) is 105 Å². The third-order valence-electron chi connectivity index (χ3n) is 4.51. The van der Waals surface area contributed by atoms with Gasteiger partial charge in [-0.15, -0.1) is 0 Å². The predicted octanol–water partition coefficient (Wildman–Crippen LogP) is 3.50. The maximum Gasteiger partial charge on any atom is 0.265 e. The SMILES string of the molecule is Cc1cc(NC(=O)CN(c2ccc(F)cc2)S(=O)(=O)c2cccc3cnccc23)no1. The van der Waals surface area contributed by atoms with E-state index in [0.717, 1.165) is 16.4 Å². The third-order valence-corrected chi connectivity index (χ3v) is 6.34. The van der Waals surface area contributed by atoms with E-state index in [1.165, 1.54) is 30.5 Å². The van der Waals surface area contributed by atoms with Gasteiger partial charge >= 0.3 is 0 Å². The molecule has 4 rings (SSSR count). The molecule has 0 saturated heterocycles. The number of amides is 1. The molecule has 0 atom stereocenters. The number of nitrogens with zero attached hydrogens (tertiary/aromatic N) is 3. The van der Waals surface area contributed by atoms with Crippen LogP contribution < -0.4 is 9.62 Å². The molecule has 0 aliphatic rings. The monoisotopic (exact) mass is 440 g/mol. The lowest BCUT2D eigenvalue weighted by atomic mass is 10.2. The van der Waals surface area contributed by atoms with E-state index in [9.17, 15) is 17.6 Å². The zero-order chi connectivity index (χ0) is 22.0. The molecule has 2 aromatic heterocycles. The first kappa shape index (κ1) is 20.5. The second kappa shape index (κ2) is 8.15. The van der Waals surface area contributed by atoms with Crippen LogP contribution in [0.5, 0.6) is 0 Å². The van der Waals surface area contributed by atoms with Gasteiger partial charge in [0.25, 0.3) is 10.0 Å². The zero-order valence-electron chi connectivity index (χ0n) is 16.3. The van der Waals surface area contributed by atoms with Crippen LogP contribution in [0.2, 0.25) is 0 Å². The summed E-state index contributed by atoms with van der Waals surface area (Å²) < 4.78 is 46.5. The van der Waals surface area contributed by atoms with Gasteiger partial charge in [0.2, 0.25) is 5.91 Å². The van der Waals surface area contributed by atoms with Gasteiger partial charge in [-0.2, -0.15) is 0 Å². The number of sulfonamides is 1. The van der Waals surface area contributed by atoms with Crippen molar-refractivity contribution in [3.8, 4) is 0 Å². The first-order chi connectivity index (χ1) is 14.8. The van der Waals surface area contributed by atoms with E-state index >= 15 is 0 Å². The van der Waals surface area contributed by atoms with E-state index in [2.05, 4.69) is 15.5 Å². The van der Waals surface area contributed by atoms with Crippen molar-refractivity contribution in [2.75, 3.05) is 16.2 Å². The Morgan fingerprint density at radius 1 is 1.16 bits per heavy atom. The number of benzene rings is 2. The summed E-state index contributed by atoms with van der Waals surface area (Å²) in [5.41, 5.74) is 0.138. The number of hydrogen-bond acceptors (Lipinski definition) is 6. The van der Waals surface area contributed by atoms with Gasteiger partial charge in [0.05, 0.1) is 10.6 Å². The summed E-state index contributed by atoms with van der Waals surface area (Å²) in [5, 5.41) is 7.26. The molecule has 8 nitrogen and oxygen atoms in total. The average Bonchev–Trinajstić information content (AvgIpc) is 3.16. The molecule has 0 aliphatic heterocycles. The molecule has 2 aromatic carbocycles. The van der Waals surface area contributed by atoms with E-state index in [-0.39, 0.29) is 16.4 Å². The molecule has 0 saturated carbocycles. The standard InChI is InChI=1S/C21H17FN4O4S/c1-14-11-20(25-30-14)24-21(27)13-26(17-7-5-16(22)6-8-17)31(28,29)19-4-2-3-15-12-23-10-9-18(15)19/h2-12H,13H2,1H3,(H,24,25,27). The highest BCUT2D eigenvalue weighted by Crippen LogP contribution is 2.29. The molecular weight excluding hydrogens is 423 g/mol. The lowest BCUT2D eigenvalue weighted by Crippen LogP contribution is -2.38. The maximum absolute atomic E-state index is 13.6. The second-order valence-corrected chi connectivity index (χ2v) is 8.54. The molecule has 158 valence electrons. The van der Waals surface area contributed by atoms with Crippen molar-refractivity contribution < 1.29 is 22.1 Å². The highest BCUT2D eigenvalue weighted by molar-refractivity contribution is 7.93. The van der Waals surface area contributed by atoms with Gasteiger partial charge in [0, 0.05) is 29.2 Å². The Morgan fingerprint density at radius 2 is 1.94 bits per heavy atom. The van der Waals surface area contributed by atoms with Gasteiger partial charge in [-0.05, 0) is 43.3 Å². The number of rotatable bonds is 6. The molecule has 1 N–H and O–H groups in total. The van der Waals surface area contributed by atoms with E-state index in [1.54, 1.807) is 31.3 Å². The molecule has 0 unspecified atom stereocenters. The van der Waals surface area contributed by atoms with Crippen LogP contribution in [0.25, 0.3) is 10.8 Å². The van der Waals surface area contributed by atoms with Crippen molar-refractivity contribution in [3.05, 3.63) is 78.6 Å². The van der Waals surface area contributed by atoms with Crippen LogP contribution in [0.3, 0.4) is 0 Å². The summed E-state index contributed by atoms with van der Waals surface area (Å²) >= 11 is 0. The van der Waals surface area contributed by atoms with Crippen molar-refractivity contribution in [1.82, 2.24) is 10.1 Å². The molecule has 0 radical (unpaired) electrons. The number of carbonyl (C=O) groups is 1. The minimum atomic E-state index is -4.20. The number of hydrogen-bond donors (Lipinski definition) is 1. The second-order valence-electron chi connectivity index (χ2n) is 6.71. The van der Waals surface area contributed by atoms with Gasteiger partial charge in [-0.1, -0.05) is 17.3 Å². The molecule has 31 heavy (non-hydrogen) atoms. The van der Waals surface area contributed by atoms with Crippen molar-refractivity contribution in [1.29, 1.82) is 0 Å². The summed E-state index contributed by atoms with van der Waals surface area (Å²) in [5.74, 6) is -0.513. The fourth-order valence-corrected chi connectivity index (χ4v) is 4.74. The fraction of sp³-hybridized carbons (Fsp3) is 0.0952. The van der Waals surface area contributed by atoms with Crippen molar-refractivity contribution >= 4 is 38.2 Å². The van der Waals surface area contributed by atoms with Gasteiger partial charge in [0.1, 0.15) is 18.1 Å². The molecule has 4 aromatic rings. The Hall–Kier alpha value is -3.79. The Balaban J connectivity index is 1.76. The van der Waals surface area contributed by atoms with Crippen molar-refractivity contribution in [3.63, 3.8) is 0 Å². The van der Waals surface area contributed by atoms with Crippen LogP contribution in [-0.4, -0.2) is 31.0 Å². The molecular formula is C21H17FN4O4S. The normalized spacial score (nSPS) is 11.4. The first-order valence-corrected chi connectivity index (χ1v) is 10.6. The molecule has 10 heteroatoms. The van der Waals surface area contributed by atoms with E-state index < -0.39 is 28.3 Å². The smallest absolute Gasteiger partial charge is 0.265 e. The number of aryl methyl sites for hydroxylation is 1. The largest absolute Gasteiger partial charge is 0.360 e. The summed E-state index contributed by atoms with van der Waals surface area (Å²) in [7, 11) is -4.20. The summed E-state index contributed by atoms with van der Waals surface area (Å²) in [6.07, 6.45) is 3.04. The van der Waals surface area contributed by atoms with Crippen molar-refractivity contribution in [2.45, 2.75) is 11.8 Å². The first-order valence-electron chi connectivity index (χ1n) is 9.19. The highest BCUT2D eigenvalue weighted by atomic mass is 32.2. The van der Waals surface area contributed by atoms with Crippen LogP contribution in [0.4, 0.5) is 15.9 Å². The summed E-state index contributed by atoms with van der Waals surface area (Å²) in [6, 6.07) is 12.7. The van der Waals surface area contributed by atoms with Gasteiger partial charge in [-0.25, -0.2) is 12.8 Å². The van der Waals surface area contributed by atoms with Crippen LogP contribution in [0.15, 0.2) is 76.4 Å². The van der Waals surface area contributed by atoms with E-state index in [1.807, 2.05) is 0 Å². The van der Waals surface area contributed by atoms with Crippen LogP contribution >= 0.6 is 0 Å². The van der Waals surface area contributed by atoms with E-state index in [0.29, 0.717) is 16.5 Å². The predicted molar refractivity (Wildman–Crippen MR) is 113 cm³/mol. The minimum Gasteiger partial charge on any atom is -0.360 e. The fourth-order valence-electron chi connectivity index (χ4n) is 3.10. The molecule has 0 fully saturated rings. The van der Waals surface area contributed by atoms with E-state index in [4.69, 9.17) is 4.52 Å².